The first kappa shape index (κ1) is 26.8. The van der Waals surface area contributed by atoms with Gasteiger partial charge in [0.05, 0.1) is 0 Å². The lowest BCUT2D eigenvalue weighted by Gasteiger charge is -2.50. The third-order valence-corrected chi connectivity index (χ3v) is 10.0. The third kappa shape index (κ3) is 5.59. The zero-order valence-electron chi connectivity index (χ0n) is 23.5. The van der Waals surface area contributed by atoms with Crippen LogP contribution in [0.4, 0.5) is 0 Å². The number of hydrogen-bond donors (Lipinski definition) is 0. The monoisotopic (exact) mass is 536 g/mol. The molecule has 5 atom stereocenters. The van der Waals surface area contributed by atoms with Crippen LogP contribution in [0.5, 0.6) is 5.75 Å². The SMILES string of the molecule is CC12CCC3c4ccc(OC(=O)CCc5ccccc5)cc4CCC3C1CCC2OC(=O)CCc1ccccc1. The molecule has 0 saturated heterocycles. The molecule has 5 unspecified atom stereocenters. The van der Waals surface area contributed by atoms with Crippen molar-refractivity contribution in [3.8, 4) is 5.75 Å². The number of esters is 2. The van der Waals surface area contributed by atoms with Gasteiger partial charge in [-0.1, -0.05) is 73.7 Å². The van der Waals surface area contributed by atoms with Crippen molar-refractivity contribution in [2.24, 2.45) is 17.3 Å². The maximum absolute atomic E-state index is 12.8. The van der Waals surface area contributed by atoms with Gasteiger partial charge in [0.15, 0.2) is 0 Å². The van der Waals surface area contributed by atoms with Crippen LogP contribution >= 0.6 is 0 Å². The van der Waals surface area contributed by atoms with Crippen molar-refractivity contribution in [1.29, 1.82) is 0 Å². The van der Waals surface area contributed by atoms with Gasteiger partial charge in [0.25, 0.3) is 0 Å². The Kier molecular flexibility index (Phi) is 7.78. The van der Waals surface area contributed by atoms with E-state index < -0.39 is 0 Å². The first-order valence-electron chi connectivity index (χ1n) is 15.1. The molecule has 208 valence electrons. The summed E-state index contributed by atoms with van der Waals surface area (Å²) in [7, 11) is 0. The Morgan fingerprint density at radius 3 is 2.17 bits per heavy atom. The molecule has 4 heteroatoms. The highest BCUT2D eigenvalue weighted by Gasteiger charge is 2.56. The van der Waals surface area contributed by atoms with Crippen molar-refractivity contribution in [3.63, 3.8) is 0 Å². The van der Waals surface area contributed by atoms with E-state index in [-0.39, 0.29) is 23.5 Å². The fourth-order valence-corrected chi connectivity index (χ4v) is 7.95. The summed E-state index contributed by atoms with van der Waals surface area (Å²) in [6.45, 7) is 2.38. The van der Waals surface area contributed by atoms with E-state index in [0.717, 1.165) is 50.5 Å². The highest BCUT2D eigenvalue weighted by Crippen LogP contribution is 2.61. The van der Waals surface area contributed by atoms with E-state index in [1.165, 1.54) is 16.7 Å². The van der Waals surface area contributed by atoms with E-state index in [9.17, 15) is 9.59 Å². The molecular formula is C36H40O4. The number of hydrogen-bond acceptors (Lipinski definition) is 4. The zero-order valence-corrected chi connectivity index (χ0v) is 23.5. The van der Waals surface area contributed by atoms with Crippen LogP contribution in [0.1, 0.15) is 80.0 Å². The van der Waals surface area contributed by atoms with Gasteiger partial charge < -0.3 is 9.47 Å². The summed E-state index contributed by atoms with van der Waals surface area (Å²) >= 11 is 0. The molecular weight excluding hydrogens is 496 g/mol. The van der Waals surface area contributed by atoms with Crippen molar-refractivity contribution < 1.29 is 19.1 Å². The molecule has 4 nitrogen and oxygen atoms in total. The lowest BCUT2D eigenvalue weighted by molar-refractivity contribution is -0.157. The normalized spacial score (nSPS) is 26.7. The lowest BCUT2D eigenvalue weighted by atomic mass is 9.55. The van der Waals surface area contributed by atoms with Gasteiger partial charge in [-0.2, -0.15) is 0 Å². The Morgan fingerprint density at radius 1 is 0.800 bits per heavy atom. The largest absolute Gasteiger partial charge is 0.462 e. The Balaban J connectivity index is 1.06. The standard InChI is InChI=1S/C36H40O4/c1-36-23-22-30-29-17-15-28(39-34(37)20-12-25-8-4-2-5-9-25)24-27(29)14-16-31(30)32(36)18-19-33(36)40-35(38)21-13-26-10-6-3-7-11-26/h2-11,15,17,24,30-33H,12-14,16,18-23H2,1H3. The predicted octanol–water partition coefficient (Wildman–Crippen LogP) is 7.63. The molecule has 0 N–H and O–H groups in total. The molecule has 40 heavy (non-hydrogen) atoms. The van der Waals surface area contributed by atoms with Gasteiger partial charge in [-0.25, -0.2) is 0 Å². The quantitative estimate of drug-likeness (QED) is 0.219. The van der Waals surface area contributed by atoms with Crippen LogP contribution in [-0.2, 0) is 33.6 Å². The molecule has 0 spiro atoms. The molecule has 0 amide bonds. The fourth-order valence-electron chi connectivity index (χ4n) is 7.95. The molecule has 2 saturated carbocycles. The van der Waals surface area contributed by atoms with E-state index in [1.807, 2.05) is 54.6 Å². The molecule has 0 aliphatic heterocycles. The van der Waals surface area contributed by atoms with Crippen LogP contribution < -0.4 is 4.74 Å². The second-order valence-electron chi connectivity index (χ2n) is 12.3. The van der Waals surface area contributed by atoms with Gasteiger partial charge in [-0.05, 0) is 104 Å². The molecule has 3 aliphatic rings. The van der Waals surface area contributed by atoms with Crippen LogP contribution in [0.15, 0.2) is 78.9 Å². The minimum absolute atomic E-state index is 0.0285. The van der Waals surface area contributed by atoms with Gasteiger partial charge in [0, 0.05) is 18.3 Å². The van der Waals surface area contributed by atoms with Crippen molar-refractivity contribution in [1.82, 2.24) is 0 Å². The molecule has 0 radical (unpaired) electrons. The van der Waals surface area contributed by atoms with Crippen LogP contribution in [0.2, 0.25) is 0 Å². The second kappa shape index (κ2) is 11.6. The minimum atomic E-state index is -0.179. The fraction of sp³-hybridized carbons (Fsp3) is 0.444. The smallest absolute Gasteiger partial charge is 0.311 e. The van der Waals surface area contributed by atoms with Crippen molar-refractivity contribution in [2.75, 3.05) is 0 Å². The average Bonchev–Trinajstić information content (AvgIpc) is 3.31. The van der Waals surface area contributed by atoms with Crippen LogP contribution in [0.25, 0.3) is 0 Å². The molecule has 3 aromatic rings. The molecule has 2 fully saturated rings. The molecule has 0 heterocycles. The number of fused-ring (bicyclic) bond motifs is 5. The predicted molar refractivity (Wildman–Crippen MR) is 156 cm³/mol. The first-order chi connectivity index (χ1) is 19.5. The van der Waals surface area contributed by atoms with Crippen LogP contribution in [0, 0.1) is 17.3 Å². The number of aryl methyl sites for hydroxylation is 3. The number of rotatable bonds is 8. The van der Waals surface area contributed by atoms with Crippen LogP contribution in [-0.4, -0.2) is 18.0 Å². The summed E-state index contributed by atoms with van der Waals surface area (Å²) in [5.74, 6) is 2.18. The van der Waals surface area contributed by atoms with Gasteiger partial charge in [-0.3, -0.25) is 9.59 Å². The Hall–Kier alpha value is -3.40. The Morgan fingerprint density at radius 2 is 1.48 bits per heavy atom. The summed E-state index contributed by atoms with van der Waals surface area (Å²) in [4.78, 5) is 25.3. The van der Waals surface area contributed by atoms with Crippen LogP contribution in [0.3, 0.4) is 0 Å². The van der Waals surface area contributed by atoms with E-state index in [4.69, 9.17) is 9.47 Å². The number of carbonyl (C=O) groups is 2. The van der Waals surface area contributed by atoms with Crippen molar-refractivity contribution in [2.45, 2.75) is 83.2 Å². The third-order valence-electron chi connectivity index (χ3n) is 10.0. The van der Waals surface area contributed by atoms with Gasteiger partial charge in [0.2, 0.25) is 0 Å². The molecule has 6 rings (SSSR count). The Labute approximate surface area is 238 Å². The Bertz CT molecular complexity index is 1330. The summed E-state index contributed by atoms with van der Waals surface area (Å²) < 4.78 is 11.9. The number of ether oxygens (including phenoxy) is 2. The molecule has 3 aliphatic carbocycles. The maximum atomic E-state index is 12.8. The van der Waals surface area contributed by atoms with Gasteiger partial charge in [-0.15, -0.1) is 0 Å². The maximum Gasteiger partial charge on any atom is 0.311 e. The highest BCUT2D eigenvalue weighted by atomic mass is 16.5. The van der Waals surface area contributed by atoms with E-state index in [2.05, 4.69) is 31.2 Å². The molecule has 3 aromatic carbocycles. The zero-order chi connectivity index (χ0) is 27.5. The van der Waals surface area contributed by atoms with E-state index in [1.54, 1.807) is 0 Å². The van der Waals surface area contributed by atoms with Gasteiger partial charge in [0.1, 0.15) is 11.9 Å². The van der Waals surface area contributed by atoms with E-state index in [0.29, 0.717) is 42.8 Å². The topological polar surface area (TPSA) is 52.6 Å². The number of benzene rings is 3. The molecule has 0 bridgehead atoms. The molecule has 0 aromatic heterocycles. The number of carbonyl (C=O) groups excluding carboxylic acids is 2. The summed E-state index contributed by atoms with van der Waals surface area (Å²) in [5, 5.41) is 0. The van der Waals surface area contributed by atoms with Gasteiger partial charge >= 0.3 is 11.9 Å². The van der Waals surface area contributed by atoms with Crippen molar-refractivity contribution >= 4 is 11.9 Å². The minimum Gasteiger partial charge on any atom is -0.462 e. The summed E-state index contributed by atoms with van der Waals surface area (Å²) in [6, 6.07) is 26.5. The lowest BCUT2D eigenvalue weighted by Crippen LogP contribution is -2.45. The van der Waals surface area contributed by atoms with E-state index >= 15 is 0 Å². The first-order valence-corrected chi connectivity index (χ1v) is 15.1. The summed E-state index contributed by atoms with van der Waals surface area (Å²) in [6.07, 6.45) is 8.77. The highest BCUT2D eigenvalue weighted by molar-refractivity contribution is 5.73. The second-order valence-corrected chi connectivity index (χ2v) is 12.3. The average molecular weight is 537 g/mol. The summed E-state index contributed by atoms with van der Waals surface area (Å²) in [5.41, 5.74) is 5.17. The van der Waals surface area contributed by atoms with Crippen molar-refractivity contribution in [3.05, 3.63) is 101 Å².